The molecule has 0 bridgehead atoms. The molecule has 0 saturated carbocycles. The van der Waals surface area contributed by atoms with Gasteiger partial charge in [-0.2, -0.15) is 0 Å². The molecule has 1 aliphatic rings. The Kier molecular flexibility index (Phi) is 4.42. The molecule has 1 aromatic carbocycles. The van der Waals surface area contributed by atoms with Gasteiger partial charge in [-0.15, -0.1) is 11.8 Å². The average Bonchev–Trinajstić information content (AvgIpc) is 2.69. The molecule has 2 unspecified atom stereocenters. The fraction of sp³-hybridized carbons (Fsp3) is 0.538. The van der Waals surface area contributed by atoms with Crippen LogP contribution in [-0.2, 0) is 11.2 Å². The lowest BCUT2D eigenvalue weighted by Crippen LogP contribution is -2.13. The summed E-state index contributed by atoms with van der Waals surface area (Å²) in [4.78, 5) is 0.716. The summed E-state index contributed by atoms with van der Waals surface area (Å²) in [5.74, 6) is -0.139. The minimum absolute atomic E-state index is 0.139. The third-order valence-electron chi connectivity index (χ3n) is 3.01. The zero-order chi connectivity index (χ0) is 12.3. The van der Waals surface area contributed by atoms with Crippen molar-refractivity contribution in [2.45, 2.75) is 36.0 Å². The van der Waals surface area contributed by atoms with Crippen LogP contribution in [0.15, 0.2) is 23.1 Å². The van der Waals surface area contributed by atoms with E-state index in [4.69, 9.17) is 10.5 Å². The van der Waals surface area contributed by atoms with Crippen LogP contribution in [0.4, 0.5) is 4.39 Å². The Morgan fingerprint density at radius 1 is 1.53 bits per heavy atom. The number of ether oxygens (including phenoxy) is 1. The number of hydrogen-bond donors (Lipinski definition) is 1. The number of hydrogen-bond acceptors (Lipinski definition) is 3. The van der Waals surface area contributed by atoms with Gasteiger partial charge in [-0.3, -0.25) is 0 Å². The number of rotatable bonds is 4. The van der Waals surface area contributed by atoms with Crippen molar-refractivity contribution in [1.29, 1.82) is 0 Å². The van der Waals surface area contributed by atoms with E-state index in [2.05, 4.69) is 0 Å². The molecule has 1 saturated heterocycles. The van der Waals surface area contributed by atoms with Crippen molar-refractivity contribution in [3.63, 3.8) is 0 Å². The van der Waals surface area contributed by atoms with Gasteiger partial charge < -0.3 is 10.5 Å². The molecule has 0 radical (unpaired) electrons. The monoisotopic (exact) mass is 255 g/mol. The predicted molar refractivity (Wildman–Crippen MR) is 68.8 cm³/mol. The topological polar surface area (TPSA) is 35.2 Å². The maximum absolute atomic E-state index is 13.9. The Morgan fingerprint density at radius 2 is 2.35 bits per heavy atom. The first-order valence-corrected chi connectivity index (χ1v) is 6.85. The van der Waals surface area contributed by atoms with E-state index in [1.165, 1.54) is 0 Å². The summed E-state index contributed by atoms with van der Waals surface area (Å²) < 4.78 is 19.3. The van der Waals surface area contributed by atoms with Crippen LogP contribution in [0.25, 0.3) is 0 Å². The fourth-order valence-corrected chi connectivity index (χ4v) is 3.12. The van der Waals surface area contributed by atoms with Crippen LogP contribution in [-0.4, -0.2) is 24.5 Å². The van der Waals surface area contributed by atoms with Crippen molar-refractivity contribution in [3.8, 4) is 0 Å². The SMILES string of the molecule is CC1OCCC1Sc1ccc(CCN)cc1F. The van der Waals surface area contributed by atoms with Crippen LogP contribution < -0.4 is 5.73 Å². The lowest BCUT2D eigenvalue weighted by Gasteiger charge is -2.14. The third kappa shape index (κ3) is 3.21. The van der Waals surface area contributed by atoms with E-state index >= 15 is 0 Å². The van der Waals surface area contributed by atoms with Gasteiger partial charge in [-0.1, -0.05) is 6.07 Å². The molecule has 2 N–H and O–H groups in total. The number of thioether (sulfide) groups is 1. The zero-order valence-electron chi connectivity index (χ0n) is 9.99. The summed E-state index contributed by atoms with van der Waals surface area (Å²) in [5.41, 5.74) is 6.42. The number of halogens is 1. The van der Waals surface area contributed by atoms with Crippen LogP contribution >= 0.6 is 11.8 Å². The fourth-order valence-electron chi connectivity index (χ4n) is 1.99. The van der Waals surface area contributed by atoms with Gasteiger partial charge in [-0.25, -0.2) is 4.39 Å². The first-order chi connectivity index (χ1) is 8.20. The van der Waals surface area contributed by atoms with E-state index in [1.807, 2.05) is 19.1 Å². The van der Waals surface area contributed by atoms with E-state index in [0.29, 0.717) is 16.7 Å². The van der Waals surface area contributed by atoms with Gasteiger partial charge in [0.15, 0.2) is 0 Å². The van der Waals surface area contributed by atoms with Crippen molar-refractivity contribution in [1.82, 2.24) is 0 Å². The van der Waals surface area contributed by atoms with Crippen LogP contribution in [0.2, 0.25) is 0 Å². The second-order valence-electron chi connectivity index (χ2n) is 4.32. The second-order valence-corrected chi connectivity index (χ2v) is 5.61. The van der Waals surface area contributed by atoms with Gasteiger partial charge >= 0.3 is 0 Å². The minimum Gasteiger partial charge on any atom is -0.377 e. The molecule has 17 heavy (non-hydrogen) atoms. The van der Waals surface area contributed by atoms with Crippen LogP contribution in [0.3, 0.4) is 0 Å². The first kappa shape index (κ1) is 12.9. The van der Waals surface area contributed by atoms with Gasteiger partial charge in [-0.05, 0) is 44.0 Å². The second kappa shape index (κ2) is 5.85. The molecular weight excluding hydrogens is 237 g/mol. The summed E-state index contributed by atoms with van der Waals surface area (Å²) in [6.07, 6.45) is 1.93. The van der Waals surface area contributed by atoms with Gasteiger partial charge in [0.2, 0.25) is 0 Å². The molecule has 0 amide bonds. The first-order valence-electron chi connectivity index (χ1n) is 5.97. The molecule has 2 atom stereocenters. The smallest absolute Gasteiger partial charge is 0.137 e. The summed E-state index contributed by atoms with van der Waals surface area (Å²) >= 11 is 1.58. The van der Waals surface area contributed by atoms with Crippen molar-refractivity contribution >= 4 is 11.8 Å². The van der Waals surface area contributed by atoms with E-state index in [1.54, 1.807) is 17.8 Å². The Bertz CT molecular complexity index is 386. The minimum atomic E-state index is -0.139. The van der Waals surface area contributed by atoms with Crippen molar-refractivity contribution in [2.75, 3.05) is 13.2 Å². The van der Waals surface area contributed by atoms with Gasteiger partial charge in [0.1, 0.15) is 5.82 Å². The Labute approximate surface area is 106 Å². The zero-order valence-corrected chi connectivity index (χ0v) is 10.8. The van der Waals surface area contributed by atoms with Crippen LogP contribution in [0.1, 0.15) is 18.9 Å². The molecule has 1 aliphatic heterocycles. The molecule has 0 aromatic heterocycles. The normalized spacial score (nSPS) is 24.2. The maximum atomic E-state index is 13.9. The molecule has 2 nitrogen and oxygen atoms in total. The summed E-state index contributed by atoms with van der Waals surface area (Å²) in [5, 5.41) is 0.366. The third-order valence-corrected chi connectivity index (χ3v) is 4.52. The van der Waals surface area contributed by atoms with Crippen molar-refractivity contribution in [3.05, 3.63) is 29.6 Å². The van der Waals surface area contributed by atoms with E-state index in [0.717, 1.165) is 25.0 Å². The highest BCUT2D eigenvalue weighted by molar-refractivity contribution is 8.00. The Morgan fingerprint density at radius 3 is 2.94 bits per heavy atom. The van der Waals surface area contributed by atoms with E-state index in [-0.39, 0.29) is 11.9 Å². The molecule has 94 valence electrons. The van der Waals surface area contributed by atoms with Gasteiger partial charge in [0.05, 0.1) is 6.10 Å². The Hall–Kier alpha value is -0.580. The molecule has 1 aromatic rings. The van der Waals surface area contributed by atoms with Gasteiger partial charge in [0, 0.05) is 16.8 Å². The lowest BCUT2D eigenvalue weighted by atomic mass is 10.1. The molecule has 0 spiro atoms. The summed E-state index contributed by atoms with van der Waals surface area (Å²) in [6.45, 7) is 3.39. The highest BCUT2D eigenvalue weighted by Crippen LogP contribution is 2.34. The van der Waals surface area contributed by atoms with Crippen LogP contribution in [0, 0.1) is 5.82 Å². The van der Waals surface area contributed by atoms with Crippen LogP contribution in [0.5, 0.6) is 0 Å². The van der Waals surface area contributed by atoms with Crippen molar-refractivity contribution < 1.29 is 9.13 Å². The highest BCUT2D eigenvalue weighted by atomic mass is 32.2. The molecule has 1 fully saturated rings. The van der Waals surface area contributed by atoms with Gasteiger partial charge in [0.25, 0.3) is 0 Å². The summed E-state index contributed by atoms with van der Waals surface area (Å²) in [7, 11) is 0. The average molecular weight is 255 g/mol. The number of nitrogens with two attached hydrogens (primary N) is 1. The summed E-state index contributed by atoms with van der Waals surface area (Å²) in [6, 6.07) is 5.41. The molecule has 1 heterocycles. The predicted octanol–water partition coefficient (Wildman–Crippen LogP) is 2.60. The lowest BCUT2D eigenvalue weighted by molar-refractivity contribution is 0.127. The number of benzene rings is 1. The van der Waals surface area contributed by atoms with Crippen molar-refractivity contribution in [2.24, 2.45) is 5.73 Å². The van der Waals surface area contributed by atoms with E-state index < -0.39 is 0 Å². The largest absolute Gasteiger partial charge is 0.377 e. The quantitative estimate of drug-likeness (QED) is 0.898. The molecular formula is C13H18FNOS. The van der Waals surface area contributed by atoms with E-state index in [9.17, 15) is 4.39 Å². The molecule has 4 heteroatoms. The Balaban J connectivity index is 2.05. The standard InChI is InChI=1S/C13H18FNOS/c1-9-12(5-7-16-9)17-13-3-2-10(4-6-15)8-11(13)14/h2-3,8-9,12H,4-7,15H2,1H3. The molecule has 2 rings (SSSR count). The maximum Gasteiger partial charge on any atom is 0.137 e. The molecule has 0 aliphatic carbocycles. The highest BCUT2D eigenvalue weighted by Gasteiger charge is 2.25.